The highest BCUT2D eigenvalue weighted by molar-refractivity contribution is 6.22. The average Bonchev–Trinajstić information content (AvgIpc) is 3.27. The maximum Gasteiger partial charge on any atom is 0.0468 e. The molecule has 270 valence electrons. The van der Waals surface area contributed by atoms with Gasteiger partial charge in [-0.25, -0.2) is 0 Å². The normalized spacial score (nSPS) is 11.2. The number of para-hydroxylation sites is 2. The molecular weight excluding hydrogens is 677 g/mol. The number of hydrogen-bond acceptors (Lipinski definition) is 2. The summed E-state index contributed by atoms with van der Waals surface area (Å²) >= 11 is 0. The fourth-order valence-electron chi connectivity index (χ4n) is 8.12. The van der Waals surface area contributed by atoms with Crippen LogP contribution in [0, 0.1) is 0 Å². The van der Waals surface area contributed by atoms with E-state index in [1.54, 1.807) is 0 Å². The van der Waals surface area contributed by atoms with Crippen LogP contribution < -0.4 is 9.80 Å². The largest absolute Gasteiger partial charge is 0.310 e. The highest BCUT2D eigenvalue weighted by atomic mass is 15.1. The smallest absolute Gasteiger partial charge is 0.0468 e. The van der Waals surface area contributed by atoms with Gasteiger partial charge in [0.25, 0.3) is 0 Å². The van der Waals surface area contributed by atoms with Crippen molar-refractivity contribution >= 4 is 55.7 Å². The lowest BCUT2D eigenvalue weighted by Gasteiger charge is -2.28. The highest BCUT2D eigenvalue weighted by Gasteiger charge is 2.22. The SMILES string of the molecule is CCc1ccc(N(c2ccccc2)c2ccc3c(-c4ccccc4)c4cc(N(c5ccccc5)c5ccc(CC)cc5)ccc4c(-c4ccccc4)c3c2)cc1. The maximum atomic E-state index is 2.41. The van der Waals surface area contributed by atoms with Gasteiger partial charge in [-0.1, -0.05) is 147 Å². The van der Waals surface area contributed by atoms with Crippen molar-refractivity contribution in [3.63, 3.8) is 0 Å². The summed E-state index contributed by atoms with van der Waals surface area (Å²) in [6.45, 7) is 4.41. The van der Waals surface area contributed by atoms with Crippen LogP contribution in [0.25, 0.3) is 43.8 Å². The van der Waals surface area contributed by atoms with Crippen LogP contribution in [0.4, 0.5) is 34.1 Å². The van der Waals surface area contributed by atoms with E-state index >= 15 is 0 Å². The van der Waals surface area contributed by atoms with Crippen LogP contribution in [0.3, 0.4) is 0 Å². The van der Waals surface area contributed by atoms with E-state index in [4.69, 9.17) is 0 Å². The average molecular weight is 721 g/mol. The van der Waals surface area contributed by atoms with Gasteiger partial charge in [0.05, 0.1) is 0 Å². The van der Waals surface area contributed by atoms with Crippen molar-refractivity contribution in [2.24, 2.45) is 0 Å². The highest BCUT2D eigenvalue weighted by Crippen LogP contribution is 2.48. The van der Waals surface area contributed by atoms with E-state index in [-0.39, 0.29) is 0 Å². The Morgan fingerprint density at radius 2 is 0.589 bits per heavy atom. The summed E-state index contributed by atoms with van der Waals surface area (Å²) in [6.07, 6.45) is 2.01. The Labute approximate surface area is 330 Å². The van der Waals surface area contributed by atoms with Crippen LogP contribution in [0.2, 0.25) is 0 Å². The van der Waals surface area contributed by atoms with Gasteiger partial charge in [0, 0.05) is 34.1 Å². The molecule has 0 heterocycles. The number of nitrogens with zero attached hydrogens (tertiary/aromatic N) is 2. The van der Waals surface area contributed by atoms with Crippen molar-refractivity contribution in [1.82, 2.24) is 0 Å². The molecule has 0 amide bonds. The van der Waals surface area contributed by atoms with Gasteiger partial charge in [0.1, 0.15) is 0 Å². The third-order valence-electron chi connectivity index (χ3n) is 11.0. The van der Waals surface area contributed by atoms with Crippen LogP contribution in [0.5, 0.6) is 0 Å². The fourth-order valence-corrected chi connectivity index (χ4v) is 8.12. The molecule has 0 aliphatic rings. The minimum absolute atomic E-state index is 1.01. The Morgan fingerprint density at radius 3 is 0.929 bits per heavy atom. The first kappa shape index (κ1) is 34.8. The van der Waals surface area contributed by atoms with Crippen LogP contribution in [0.1, 0.15) is 25.0 Å². The molecule has 2 heteroatoms. The molecule has 0 fully saturated rings. The Morgan fingerprint density at radius 1 is 0.286 bits per heavy atom. The monoisotopic (exact) mass is 720 g/mol. The summed E-state index contributed by atoms with van der Waals surface area (Å²) in [6, 6.07) is 75.3. The number of hydrogen-bond donors (Lipinski definition) is 0. The molecule has 0 atom stereocenters. The minimum Gasteiger partial charge on any atom is -0.310 e. The van der Waals surface area contributed by atoms with Crippen LogP contribution >= 0.6 is 0 Å². The topological polar surface area (TPSA) is 6.48 Å². The lowest BCUT2D eigenvalue weighted by atomic mass is 9.85. The van der Waals surface area contributed by atoms with Crippen molar-refractivity contribution < 1.29 is 0 Å². The molecule has 9 aromatic rings. The first-order chi connectivity index (χ1) is 27.7. The van der Waals surface area contributed by atoms with Gasteiger partial charge in [-0.3, -0.25) is 0 Å². The first-order valence-electron chi connectivity index (χ1n) is 19.7. The number of aryl methyl sites for hydroxylation is 2. The van der Waals surface area contributed by atoms with E-state index in [1.807, 2.05) is 0 Å². The molecule has 0 bridgehead atoms. The van der Waals surface area contributed by atoms with Crippen molar-refractivity contribution in [2.45, 2.75) is 26.7 Å². The Kier molecular flexibility index (Phi) is 9.61. The molecule has 0 saturated heterocycles. The van der Waals surface area contributed by atoms with Gasteiger partial charge in [-0.15, -0.1) is 0 Å². The molecule has 0 aliphatic carbocycles. The quantitative estimate of drug-likeness (QED) is 0.130. The molecular formula is C54H44N2. The van der Waals surface area contributed by atoms with Gasteiger partial charge >= 0.3 is 0 Å². The summed E-state index contributed by atoms with van der Waals surface area (Å²) in [7, 11) is 0. The van der Waals surface area contributed by atoms with Crippen molar-refractivity contribution in [3.8, 4) is 22.3 Å². The van der Waals surface area contributed by atoms with Crippen molar-refractivity contribution in [3.05, 3.63) is 217 Å². The fraction of sp³-hybridized carbons (Fsp3) is 0.0741. The minimum atomic E-state index is 1.01. The molecule has 2 nitrogen and oxygen atoms in total. The molecule has 0 N–H and O–H groups in total. The molecule has 0 radical (unpaired) electrons. The standard InChI is InChI=1S/C54H44N2/c1-3-39-25-29-45(30-26-39)55(43-21-13-7-14-22-43)47-33-35-49-51(37-47)53(41-17-9-5-10-18-41)50-36-34-48(38-52(50)54(49)42-19-11-6-12-20-42)56(44-23-15-8-16-24-44)46-31-27-40(4-2)28-32-46/h5-38H,3-4H2,1-2H3. The van der Waals surface area contributed by atoms with Crippen molar-refractivity contribution in [1.29, 1.82) is 0 Å². The summed E-state index contributed by atoms with van der Waals surface area (Å²) in [4.78, 5) is 4.76. The molecule has 0 aliphatic heterocycles. The predicted molar refractivity (Wildman–Crippen MR) is 240 cm³/mol. The van der Waals surface area contributed by atoms with Gasteiger partial charge in [-0.2, -0.15) is 0 Å². The van der Waals surface area contributed by atoms with Crippen LogP contribution in [-0.4, -0.2) is 0 Å². The molecule has 56 heavy (non-hydrogen) atoms. The third kappa shape index (κ3) is 6.61. The summed E-state index contributed by atoms with van der Waals surface area (Å²) < 4.78 is 0. The number of benzene rings is 9. The lowest BCUT2D eigenvalue weighted by molar-refractivity contribution is 1.14. The lowest BCUT2D eigenvalue weighted by Crippen LogP contribution is -2.10. The third-order valence-corrected chi connectivity index (χ3v) is 11.0. The van der Waals surface area contributed by atoms with Gasteiger partial charge in [-0.05, 0) is 141 Å². The zero-order valence-corrected chi connectivity index (χ0v) is 31.9. The molecule has 0 saturated carbocycles. The summed E-state index contributed by atoms with van der Waals surface area (Å²) in [5.74, 6) is 0. The molecule has 0 aromatic heterocycles. The Hall–Kier alpha value is -6.90. The van der Waals surface area contributed by atoms with Gasteiger partial charge in [0.15, 0.2) is 0 Å². The van der Waals surface area contributed by atoms with E-state index in [0.29, 0.717) is 0 Å². The number of rotatable bonds is 10. The van der Waals surface area contributed by atoms with Crippen molar-refractivity contribution in [2.75, 3.05) is 9.80 Å². The first-order valence-corrected chi connectivity index (χ1v) is 19.7. The van der Waals surface area contributed by atoms with E-state index in [0.717, 1.165) is 47.0 Å². The van der Waals surface area contributed by atoms with E-state index in [1.165, 1.54) is 54.9 Å². The number of fused-ring (bicyclic) bond motifs is 2. The molecule has 9 aromatic carbocycles. The molecule has 0 unspecified atom stereocenters. The van der Waals surface area contributed by atoms with E-state index < -0.39 is 0 Å². The maximum absolute atomic E-state index is 2.41. The second-order valence-corrected chi connectivity index (χ2v) is 14.3. The van der Waals surface area contributed by atoms with Gasteiger partial charge < -0.3 is 9.80 Å². The summed E-state index contributed by atoms with van der Waals surface area (Å²) in [5.41, 5.74) is 14.3. The zero-order chi connectivity index (χ0) is 37.8. The second kappa shape index (κ2) is 15.5. The van der Waals surface area contributed by atoms with Crippen LogP contribution in [-0.2, 0) is 12.8 Å². The summed E-state index contributed by atoms with van der Waals surface area (Å²) in [5, 5.41) is 4.87. The second-order valence-electron chi connectivity index (χ2n) is 14.3. The zero-order valence-electron chi connectivity index (χ0n) is 31.9. The van der Waals surface area contributed by atoms with Gasteiger partial charge in [0.2, 0.25) is 0 Å². The Balaban J connectivity index is 1.35. The van der Waals surface area contributed by atoms with E-state index in [2.05, 4.69) is 230 Å². The van der Waals surface area contributed by atoms with E-state index in [9.17, 15) is 0 Å². The molecule has 0 spiro atoms. The number of anilines is 6. The Bertz CT molecular complexity index is 2530. The van der Waals surface area contributed by atoms with Crippen LogP contribution in [0.15, 0.2) is 206 Å². The molecule has 9 rings (SSSR count). The predicted octanol–water partition coefficient (Wildman–Crippen LogP) is 15.4.